The first-order valence-electron chi connectivity index (χ1n) is 4.99. The number of aryl methyl sites for hydroxylation is 1. The molecule has 2 heterocycles. The van der Waals surface area contributed by atoms with E-state index in [0.717, 1.165) is 11.3 Å². The number of nitrogens with zero attached hydrogens (tertiary/aromatic N) is 3. The van der Waals surface area contributed by atoms with Crippen LogP contribution in [0.25, 0.3) is 0 Å². The van der Waals surface area contributed by atoms with Crippen LogP contribution in [0.15, 0.2) is 30.5 Å². The molecule has 0 fully saturated rings. The predicted octanol–water partition coefficient (Wildman–Crippen LogP) is 1.37. The number of anilines is 2. The molecule has 0 unspecified atom stereocenters. The molecule has 82 valence electrons. The highest BCUT2D eigenvalue weighted by atomic mass is 15.2. The Kier molecular flexibility index (Phi) is 2.95. The molecule has 0 saturated carbocycles. The maximum absolute atomic E-state index is 5.44. The van der Waals surface area contributed by atoms with Crippen LogP contribution in [0.1, 0.15) is 11.3 Å². The summed E-state index contributed by atoms with van der Waals surface area (Å²) in [5.41, 5.74) is 7.60. The van der Waals surface area contributed by atoms with Gasteiger partial charge in [0, 0.05) is 6.20 Å². The van der Waals surface area contributed by atoms with Crippen LogP contribution in [0.2, 0.25) is 0 Å². The minimum atomic E-state index is 0.416. The predicted molar refractivity (Wildman–Crippen MR) is 62.7 cm³/mol. The normalized spacial score (nSPS) is 10.1. The van der Waals surface area contributed by atoms with E-state index in [1.54, 1.807) is 18.3 Å². The number of hydrogen-bond acceptors (Lipinski definition) is 5. The third-order valence-corrected chi connectivity index (χ3v) is 2.24. The van der Waals surface area contributed by atoms with E-state index in [1.807, 2.05) is 19.1 Å². The number of pyridine rings is 1. The zero-order valence-corrected chi connectivity index (χ0v) is 9.01. The Bertz CT molecular complexity index is 466. The molecule has 0 atom stereocenters. The van der Waals surface area contributed by atoms with Gasteiger partial charge in [0.2, 0.25) is 0 Å². The molecule has 5 heteroatoms. The average molecular weight is 215 g/mol. The molecule has 2 aromatic rings. The summed E-state index contributed by atoms with van der Waals surface area (Å²) in [5.74, 6) is 1.11. The van der Waals surface area contributed by atoms with Crippen molar-refractivity contribution in [3.63, 3.8) is 0 Å². The van der Waals surface area contributed by atoms with Gasteiger partial charge in [-0.1, -0.05) is 6.07 Å². The standard InChI is InChI=1S/C11H13N5/c1-8-3-2-6-13-9(8)7-14-11-5-4-10(12)15-16-11/h2-6H,7H2,1H3,(H2,12,15)(H,14,16). The Hall–Kier alpha value is -2.17. The quantitative estimate of drug-likeness (QED) is 0.808. The van der Waals surface area contributed by atoms with Gasteiger partial charge in [-0.3, -0.25) is 4.98 Å². The Morgan fingerprint density at radius 2 is 2.12 bits per heavy atom. The summed E-state index contributed by atoms with van der Waals surface area (Å²) in [7, 11) is 0. The van der Waals surface area contributed by atoms with Crippen molar-refractivity contribution in [3.8, 4) is 0 Å². The largest absolute Gasteiger partial charge is 0.382 e. The Morgan fingerprint density at radius 1 is 1.25 bits per heavy atom. The van der Waals surface area contributed by atoms with Gasteiger partial charge in [-0.25, -0.2) is 0 Å². The van der Waals surface area contributed by atoms with E-state index in [9.17, 15) is 0 Å². The second-order valence-electron chi connectivity index (χ2n) is 3.46. The average Bonchev–Trinajstić information content (AvgIpc) is 2.30. The molecule has 3 N–H and O–H groups in total. The molecular formula is C11H13N5. The fraction of sp³-hybridized carbons (Fsp3) is 0.182. The molecule has 5 nitrogen and oxygen atoms in total. The summed E-state index contributed by atoms with van der Waals surface area (Å²) >= 11 is 0. The summed E-state index contributed by atoms with van der Waals surface area (Å²) in [6, 6.07) is 7.45. The second kappa shape index (κ2) is 4.57. The van der Waals surface area contributed by atoms with Gasteiger partial charge in [0.25, 0.3) is 0 Å². The van der Waals surface area contributed by atoms with E-state index < -0.39 is 0 Å². The van der Waals surface area contributed by atoms with Crippen LogP contribution in [0.3, 0.4) is 0 Å². The second-order valence-corrected chi connectivity index (χ2v) is 3.46. The summed E-state index contributed by atoms with van der Waals surface area (Å²) in [5, 5.41) is 10.8. The van der Waals surface area contributed by atoms with Crippen molar-refractivity contribution in [2.24, 2.45) is 0 Å². The fourth-order valence-electron chi connectivity index (χ4n) is 1.31. The highest BCUT2D eigenvalue weighted by molar-refractivity contribution is 5.39. The van der Waals surface area contributed by atoms with Crippen LogP contribution < -0.4 is 11.1 Å². The van der Waals surface area contributed by atoms with Gasteiger partial charge in [0.1, 0.15) is 11.6 Å². The number of hydrogen-bond donors (Lipinski definition) is 2. The van der Waals surface area contributed by atoms with Crippen LogP contribution in [0.5, 0.6) is 0 Å². The van der Waals surface area contributed by atoms with Gasteiger partial charge in [-0.2, -0.15) is 0 Å². The molecule has 0 bridgehead atoms. The van der Waals surface area contributed by atoms with Crippen LogP contribution in [-0.2, 0) is 6.54 Å². The van der Waals surface area contributed by atoms with Crippen molar-refractivity contribution >= 4 is 11.6 Å². The van der Waals surface area contributed by atoms with Crippen molar-refractivity contribution in [1.29, 1.82) is 0 Å². The van der Waals surface area contributed by atoms with E-state index in [2.05, 4.69) is 20.5 Å². The van der Waals surface area contributed by atoms with Gasteiger partial charge >= 0.3 is 0 Å². The van der Waals surface area contributed by atoms with Crippen molar-refractivity contribution in [2.75, 3.05) is 11.1 Å². The monoisotopic (exact) mass is 215 g/mol. The molecule has 2 rings (SSSR count). The smallest absolute Gasteiger partial charge is 0.149 e. The van der Waals surface area contributed by atoms with Crippen LogP contribution in [0, 0.1) is 6.92 Å². The van der Waals surface area contributed by atoms with Gasteiger partial charge in [0.05, 0.1) is 12.2 Å². The van der Waals surface area contributed by atoms with E-state index in [1.165, 1.54) is 0 Å². The third-order valence-electron chi connectivity index (χ3n) is 2.24. The first-order chi connectivity index (χ1) is 7.75. The lowest BCUT2D eigenvalue weighted by molar-refractivity contribution is 0.971. The number of nitrogens with one attached hydrogen (secondary N) is 1. The lowest BCUT2D eigenvalue weighted by Crippen LogP contribution is -2.05. The lowest BCUT2D eigenvalue weighted by Gasteiger charge is -2.06. The Balaban J connectivity index is 2.02. The fourth-order valence-corrected chi connectivity index (χ4v) is 1.31. The molecule has 0 aliphatic heterocycles. The molecule has 16 heavy (non-hydrogen) atoms. The molecule has 2 aromatic heterocycles. The number of aromatic nitrogens is 3. The molecule has 0 spiro atoms. The van der Waals surface area contributed by atoms with Gasteiger partial charge in [-0.15, -0.1) is 10.2 Å². The Morgan fingerprint density at radius 3 is 2.81 bits per heavy atom. The van der Waals surface area contributed by atoms with E-state index >= 15 is 0 Å². The number of nitrogen functional groups attached to an aromatic ring is 1. The van der Waals surface area contributed by atoms with E-state index in [-0.39, 0.29) is 0 Å². The highest BCUT2D eigenvalue weighted by Gasteiger charge is 1.99. The molecule has 0 saturated heterocycles. The summed E-state index contributed by atoms with van der Waals surface area (Å²) in [4.78, 5) is 4.28. The summed E-state index contributed by atoms with van der Waals surface area (Å²) in [6.45, 7) is 2.66. The van der Waals surface area contributed by atoms with Crippen LogP contribution in [0.4, 0.5) is 11.6 Å². The van der Waals surface area contributed by atoms with E-state index in [0.29, 0.717) is 18.2 Å². The maximum atomic E-state index is 5.44. The first kappa shape index (κ1) is 10.4. The number of nitrogens with two attached hydrogens (primary N) is 1. The molecule has 0 amide bonds. The van der Waals surface area contributed by atoms with Crippen LogP contribution >= 0.6 is 0 Å². The van der Waals surface area contributed by atoms with Crippen molar-refractivity contribution < 1.29 is 0 Å². The zero-order valence-electron chi connectivity index (χ0n) is 9.01. The minimum absolute atomic E-state index is 0.416. The van der Waals surface area contributed by atoms with Crippen molar-refractivity contribution in [1.82, 2.24) is 15.2 Å². The lowest BCUT2D eigenvalue weighted by atomic mass is 10.2. The third kappa shape index (κ3) is 2.44. The molecule has 0 aliphatic carbocycles. The zero-order chi connectivity index (χ0) is 11.4. The Labute approximate surface area is 93.7 Å². The first-order valence-corrected chi connectivity index (χ1v) is 4.99. The van der Waals surface area contributed by atoms with Gasteiger partial charge in [0.15, 0.2) is 0 Å². The minimum Gasteiger partial charge on any atom is -0.382 e. The van der Waals surface area contributed by atoms with E-state index in [4.69, 9.17) is 5.73 Å². The van der Waals surface area contributed by atoms with Crippen molar-refractivity contribution in [3.05, 3.63) is 41.7 Å². The summed E-state index contributed by atoms with van der Waals surface area (Å²) in [6.07, 6.45) is 1.78. The molecule has 0 aromatic carbocycles. The highest BCUT2D eigenvalue weighted by Crippen LogP contribution is 2.07. The number of rotatable bonds is 3. The topological polar surface area (TPSA) is 76.7 Å². The van der Waals surface area contributed by atoms with Crippen molar-refractivity contribution in [2.45, 2.75) is 13.5 Å². The summed E-state index contributed by atoms with van der Waals surface area (Å²) < 4.78 is 0. The van der Waals surface area contributed by atoms with Crippen LogP contribution in [-0.4, -0.2) is 15.2 Å². The maximum Gasteiger partial charge on any atom is 0.149 e. The molecule has 0 aliphatic rings. The van der Waals surface area contributed by atoms with Gasteiger partial charge in [-0.05, 0) is 30.7 Å². The molecular weight excluding hydrogens is 202 g/mol. The molecule has 0 radical (unpaired) electrons. The van der Waals surface area contributed by atoms with Gasteiger partial charge < -0.3 is 11.1 Å². The SMILES string of the molecule is Cc1cccnc1CNc1ccc(N)nn1.